The maximum atomic E-state index is 12.8. The molecule has 118 valence electrons. The zero-order valence-electron chi connectivity index (χ0n) is 12.4. The average Bonchev–Trinajstić information content (AvgIpc) is 2.98. The zero-order chi connectivity index (χ0) is 14.9. The molecular weight excluding hydrogens is 304 g/mol. The minimum atomic E-state index is -3.35. The largest absolute Gasteiger partial charge is 0.326 e. The van der Waals surface area contributed by atoms with Crippen LogP contribution in [0.15, 0.2) is 16.3 Å². The first kappa shape index (κ1) is 15.5. The SMILES string of the molecule is NCc1sccc1S(=O)(=O)N1CCC2(CCCCC2)CC1. The van der Waals surface area contributed by atoms with E-state index in [9.17, 15) is 8.42 Å². The van der Waals surface area contributed by atoms with Crippen LogP contribution in [-0.2, 0) is 16.6 Å². The van der Waals surface area contributed by atoms with Gasteiger partial charge in [-0.3, -0.25) is 0 Å². The fourth-order valence-corrected chi connectivity index (χ4v) is 6.60. The van der Waals surface area contributed by atoms with Crippen LogP contribution in [0.2, 0.25) is 0 Å². The number of piperidine rings is 1. The molecule has 1 aromatic heterocycles. The molecule has 3 rings (SSSR count). The lowest BCUT2D eigenvalue weighted by Gasteiger charge is -2.43. The van der Waals surface area contributed by atoms with Crippen molar-refractivity contribution >= 4 is 21.4 Å². The van der Waals surface area contributed by atoms with E-state index in [2.05, 4.69) is 0 Å². The van der Waals surface area contributed by atoms with Gasteiger partial charge in [-0.15, -0.1) is 11.3 Å². The molecule has 1 aliphatic heterocycles. The van der Waals surface area contributed by atoms with E-state index < -0.39 is 10.0 Å². The molecule has 2 heterocycles. The lowest BCUT2D eigenvalue weighted by atomic mass is 9.68. The maximum absolute atomic E-state index is 12.8. The van der Waals surface area contributed by atoms with Crippen molar-refractivity contribution in [3.05, 3.63) is 16.3 Å². The first-order chi connectivity index (χ1) is 10.1. The lowest BCUT2D eigenvalue weighted by molar-refractivity contribution is 0.102. The van der Waals surface area contributed by atoms with E-state index in [1.165, 1.54) is 43.4 Å². The number of nitrogens with two attached hydrogens (primary N) is 1. The second-order valence-corrected chi connectivity index (χ2v) is 9.28. The molecular formula is C15H24N2O2S2. The molecule has 6 heteroatoms. The number of rotatable bonds is 3. The standard InChI is InChI=1S/C15H24N2O2S2/c16-12-13-14(4-11-20-13)21(18,19)17-9-7-15(8-10-17)5-2-1-3-6-15/h4,11H,1-3,5-10,12,16H2. The number of hydrogen-bond acceptors (Lipinski definition) is 4. The van der Waals surface area contributed by atoms with E-state index in [1.807, 2.05) is 5.38 Å². The summed E-state index contributed by atoms with van der Waals surface area (Å²) in [5, 5.41) is 1.82. The van der Waals surface area contributed by atoms with Crippen LogP contribution < -0.4 is 5.73 Å². The molecule has 0 amide bonds. The summed E-state index contributed by atoms with van der Waals surface area (Å²) in [5.41, 5.74) is 6.09. The first-order valence-electron chi connectivity index (χ1n) is 7.84. The summed E-state index contributed by atoms with van der Waals surface area (Å²) in [6.07, 6.45) is 8.59. The topological polar surface area (TPSA) is 63.4 Å². The first-order valence-corrected chi connectivity index (χ1v) is 10.2. The van der Waals surface area contributed by atoms with Gasteiger partial charge in [0, 0.05) is 24.5 Å². The van der Waals surface area contributed by atoms with Gasteiger partial charge in [0.2, 0.25) is 10.0 Å². The molecule has 0 atom stereocenters. The average molecular weight is 329 g/mol. The van der Waals surface area contributed by atoms with Crippen molar-refractivity contribution < 1.29 is 8.42 Å². The van der Waals surface area contributed by atoms with Crippen molar-refractivity contribution in [1.82, 2.24) is 4.31 Å². The molecule has 21 heavy (non-hydrogen) atoms. The Morgan fingerprint density at radius 3 is 2.43 bits per heavy atom. The van der Waals surface area contributed by atoms with E-state index in [1.54, 1.807) is 10.4 Å². The highest BCUT2D eigenvalue weighted by molar-refractivity contribution is 7.89. The van der Waals surface area contributed by atoms with Gasteiger partial charge in [0.25, 0.3) is 0 Å². The summed E-state index contributed by atoms with van der Waals surface area (Å²) in [4.78, 5) is 1.20. The molecule has 1 spiro atoms. The normalized spacial score (nSPS) is 23.5. The minimum absolute atomic E-state index is 0.296. The van der Waals surface area contributed by atoms with Crippen LogP contribution >= 0.6 is 11.3 Å². The third-order valence-corrected chi connectivity index (χ3v) is 8.26. The van der Waals surface area contributed by atoms with Gasteiger partial charge >= 0.3 is 0 Å². The predicted molar refractivity (Wildman–Crippen MR) is 85.7 cm³/mol. The molecule has 1 saturated heterocycles. The van der Waals surface area contributed by atoms with Crippen LogP contribution in [0.3, 0.4) is 0 Å². The lowest BCUT2D eigenvalue weighted by Crippen LogP contribution is -2.43. The van der Waals surface area contributed by atoms with Crippen molar-refractivity contribution in [2.24, 2.45) is 11.1 Å². The quantitative estimate of drug-likeness (QED) is 0.928. The second kappa shape index (κ2) is 5.99. The Morgan fingerprint density at radius 1 is 1.14 bits per heavy atom. The summed E-state index contributed by atoms with van der Waals surface area (Å²) < 4.78 is 27.2. The van der Waals surface area contributed by atoms with Crippen molar-refractivity contribution in [2.75, 3.05) is 13.1 Å². The molecule has 1 aliphatic carbocycles. The molecule has 0 bridgehead atoms. The smallest absolute Gasteiger partial charge is 0.244 e. The Bertz CT molecular complexity index is 579. The van der Waals surface area contributed by atoms with Crippen LogP contribution in [0.25, 0.3) is 0 Å². The van der Waals surface area contributed by atoms with Crippen molar-refractivity contribution in [1.29, 1.82) is 0 Å². The number of thiophene rings is 1. The van der Waals surface area contributed by atoms with Crippen LogP contribution in [0.5, 0.6) is 0 Å². The van der Waals surface area contributed by atoms with Crippen molar-refractivity contribution in [2.45, 2.75) is 56.4 Å². The van der Waals surface area contributed by atoms with E-state index >= 15 is 0 Å². The number of hydrogen-bond donors (Lipinski definition) is 1. The fourth-order valence-electron chi connectivity index (χ4n) is 3.85. The Balaban J connectivity index is 1.74. The highest BCUT2D eigenvalue weighted by Crippen LogP contribution is 2.45. The maximum Gasteiger partial charge on any atom is 0.244 e. The minimum Gasteiger partial charge on any atom is -0.326 e. The highest BCUT2D eigenvalue weighted by atomic mass is 32.2. The van der Waals surface area contributed by atoms with Gasteiger partial charge in [-0.2, -0.15) is 4.31 Å². The molecule has 4 nitrogen and oxygen atoms in total. The molecule has 0 radical (unpaired) electrons. The molecule has 1 aromatic rings. The Hall–Kier alpha value is -0.430. The Labute approximate surface area is 131 Å². The van der Waals surface area contributed by atoms with E-state index in [4.69, 9.17) is 5.73 Å². The highest BCUT2D eigenvalue weighted by Gasteiger charge is 2.39. The van der Waals surface area contributed by atoms with Crippen LogP contribution in [-0.4, -0.2) is 25.8 Å². The van der Waals surface area contributed by atoms with Gasteiger partial charge < -0.3 is 5.73 Å². The van der Waals surface area contributed by atoms with Gasteiger partial charge in [-0.1, -0.05) is 19.3 Å². The predicted octanol–water partition coefficient (Wildman–Crippen LogP) is 2.94. The summed E-state index contributed by atoms with van der Waals surface area (Å²) >= 11 is 1.43. The van der Waals surface area contributed by atoms with E-state index in [0.717, 1.165) is 17.7 Å². The van der Waals surface area contributed by atoms with Gasteiger partial charge in [0.1, 0.15) is 0 Å². The second-order valence-electron chi connectivity index (χ2n) is 6.38. The molecule has 0 aromatic carbocycles. The summed E-state index contributed by atoms with van der Waals surface area (Å²) in [6.45, 7) is 1.63. The van der Waals surface area contributed by atoms with E-state index in [-0.39, 0.29) is 0 Å². The van der Waals surface area contributed by atoms with Crippen molar-refractivity contribution in [3.8, 4) is 0 Å². The third kappa shape index (κ3) is 2.91. The number of sulfonamides is 1. The Morgan fingerprint density at radius 2 is 1.81 bits per heavy atom. The monoisotopic (exact) mass is 328 g/mol. The zero-order valence-corrected chi connectivity index (χ0v) is 14.0. The van der Waals surface area contributed by atoms with Crippen LogP contribution in [0.1, 0.15) is 49.8 Å². The number of nitrogens with zero attached hydrogens (tertiary/aromatic N) is 1. The molecule has 0 unspecified atom stereocenters. The summed E-state index contributed by atoms with van der Waals surface area (Å²) in [5.74, 6) is 0. The molecule has 2 aliphatic rings. The molecule has 2 fully saturated rings. The van der Waals surface area contributed by atoms with Crippen molar-refractivity contribution in [3.63, 3.8) is 0 Å². The van der Waals surface area contributed by atoms with Gasteiger partial charge in [-0.25, -0.2) is 8.42 Å². The summed E-state index contributed by atoms with van der Waals surface area (Å²) in [6, 6.07) is 1.70. The van der Waals surface area contributed by atoms with Gasteiger partial charge in [0.05, 0.1) is 4.90 Å². The molecule has 2 N–H and O–H groups in total. The summed E-state index contributed by atoms with van der Waals surface area (Å²) in [7, 11) is -3.35. The van der Waals surface area contributed by atoms with Crippen LogP contribution in [0, 0.1) is 5.41 Å². The molecule has 1 saturated carbocycles. The van der Waals surface area contributed by atoms with Crippen LogP contribution in [0.4, 0.5) is 0 Å². The van der Waals surface area contributed by atoms with E-state index in [0.29, 0.717) is 29.9 Å². The van der Waals surface area contributed by atoms with Gasteiger partial charge in [0.15, 0.2) is 0 Å². The Kier molecular flexibility index (Phi) is 4.41. The van der Waals surface area contributed by atoms with Gasteiger partial charge in [-0.05, 0) is 42.5 Å². The third-order valence-electron chi connectivity index (χ3n) is 5.21. The fraction of sp³-hybridized carbons (Fsp3) is 0.733.